The van der Waals surface area contributed by atoms with E-state index in [1.807, 2.05) is 31.6 Å². The fraction of sp³-hybridized carbons (Fsp3) is 0.227. The molecule has 3 heterocycles. The molecule has 160 valence electrons. The number of aromatic amines is 1. The quantitative estimate of drug-likeness (QED) is 0.378. The average Bonchev–Trinajstić information content (AvgIpc) is 3.39. The van der Waals surface area contributed by atoms with Gasteiger partial charge in [-0.3, -0.25) is 9.48 Å². The summed E-state index contributed by atoms with van der Waals surface area (Å²) in [5.74, 6) is 1.02. The van der Waals surface area contributed by atoms with E-state index in [-0.39, 0.29) is 5.91 Å². The number of aromatic nitrogens is 4. The van der Waals surface area contributed by atoms with Gasteiger partial charge < -0.3 is 25.1 Å². The maximum atomic E-state index is 12.3. The molecule has 0 aliphatic heterocycles. The van der Waals surface area contributed by atoms with Crippen LogP contribution >= 0.6 is 0 Å². The fourth-order valence-electron chi connectivity index (χ4n) is 3.25. The summed E-state index contributed by atoms with van der Waals surface area (Å²) in [6.07, 6.45) is 5.57. The van der Waals surface area contributed by atoms with E-state index >= 15 is 0 Å². The minimum Gasteiger partial charge on any atom is -0.495 e. The van der Waals surface area contributed by atoms with Gasteiger partial charge in [-0.15, -0.1) is 0 Å². The second kappa shape index (κ2) is 8.88. The number of hydrogen-bond acceptors (Lipinski definition) is 6. The normalized spacial score (nSPS) is 10.9. The SMILES string of the molecule is COCCNC(=O)c1ccc(Nc2cc3[nH]c(-c4cnn(C)c4)cc3cn2)c(OC)c1. The number of rotatable bonds is 8. The third kappa shape index (κ3) is 4.51. The molecule has 4 aromatic rings. The number of aryl methyl sites for hydroxylation is 1. The second-order valence-corrected chi connectivity index (χ2v) is 7.03. The van der Waals surface area contributed by atoms with Crippen LogP contribution in [0.15, 0.2) is 48.9 Å². The fourth-order valence-corrected chi connectivity index (χ4v) is 3.25. The molecular weight excluding hydrogens is 396 g/mol. The first-order valence-electron chi connectivity index (χ1n) is 9.77. The Hall–Kier alpha value is -3.85. The minimum absolute atomic E-state index is 0.184. The summed E-state index contributed by atoms with van der Waals surface area (Å²) < 4.78 is 12.2. The van der Waals surface area contributed by atoms with Crippen LogP contribution in [0.3, 0.4) is 0 Å². The lowest BCUT2D eigenvalue weighted by Crippen LogP contribution is -2.26. The molecule has 3 N–H and O–H groups in total. The molecule has 0 saturated carbocycles. The third-order valence-corrected chi connectivity index (χ3v) is 4.84. The van der Waals surface area contributed by atoms with Crippen LogP contribution in [0, 0.1) is 0 Å². The zero-order chi connectivity index (χ0) is 21.8. The van der Waals surface area contributed by atoms with Gasteiger partial charge in [-0.2, -0.15) is 5.10 Å². The molecule has 0 bridgehead atoms. The first-order valence-corrected chi connectivity index (χ1v) is 9.77. The summed E-state index contributed by atoms with van der Waals surface area (Å²) in [6.45, 7) is 0.899. The molecule has 0 aliphatic rings. The van der Waals surface area contributed by atoms with Crippen LogP contribution in [-0.4, -0.2) is 53.0 Å². The van der Waals surface area contributed by atoms with Gasteiger partial charge in [0.15, 0.2) is 0 Å². The van der Waals surface area contributed by atoms with Gasteiger partial charge >= 0.3 is 0 Å². The number of benzene rings is 1. The lowest BCUT2D eigenvalue weighted by molar-refractivity contribution is 0.0937. The zero-order valence-electron chi connectivity index (χ0n) is 17.6. The van der Waals surface area contributed by atoms with Crippen LogP contribution in [0.25, 0.3) is 22.2 Å². The molecule has 31 heavy (non-hydrogen) atoms. The molecule has 9 heteroatoms. The number of anilines is 2. The van der Waals surface area contributed by atoms with E-state index < -0.39 is 0 Å². The Morgan fingerprint density at radius 1 is 1.19 bits per heavy atom. The highest BCUT2D eigenvalue weighted by Gasteiger charge is 2.12. The standard InChI is InChI=1S/C22H24N6O3/c1-28-13-16(12-25-28)18-8-15-11-24-21(10-19(15)26-18)27-17-5-4-14(9-20(17)31-3)22(29)23-6-7-30-2/h4-5,8-13,26H,6-7H2,1-3H3,(H,23,29)(H,24,27). The highest BCUT2D eigenvalue weighted by molar-refractivity contribution is 5.95. The molecule has 0 saturated heterocycles. The average molecular weight is 420 g/mol. The third-order valence-electron chi connectivity index (χ3n) is 4.84. The molecule has 0 spiro atoms. The highest BCUT2D eigenvalue weighted by atomic mass is 16.5. The van der Waals surface area contributed by atoms with E-state index in [9.17, 15) is 4.79 Å². The maximum absolute atomic E-state index is 12.3. The number of hydrogen-bond donors (Lipinski definition) is 3. The highest BCUT2D eigenvalue weighted by Crippen LogP contribution is 2.30. The molecule has 3 aromatic heterocycles. The van der Waals surface area contributed by atoms with Gasteiger partial charge in [0.1, 0.15) is 11.6 Å². The topological polar surface area (TPSA) is 106 Å². The Morgan fingerprint density at radius 2 is 2.06 bits per heavy atom. The maximum Gasteiger partial charge on any atom is 0.251 e. The van der Waals surface area contributed by atoms with Crippen molar-refractivity contribution in [2.45, 2.75) is 0 Å². The molecule has 0 atom stereocenters. The van der Waals surface area contributed by atoms with Gasteiger partial charge in [0, 0.05) is 61.4 Å². The largest absolute Gasteiger partial charge is 0.495 e. The van der Waals surface area contributed by atoms with Gasteiger partial charge in [0.25, 0.3) is 5.91 Å². The summed E-state index contributed by atoms with van der Waals surface area (Å²) in [6, 6.07) is 9.20. The monoisotopic (exact) mass is 420 g/mol. The number of H-pyrrole nitrogens is 1. The summed E-state index contributed by atoms with van der Waals surface area (Å²) >= 11 is 0. The Bertz CT molecular complexity index is 1210. The van der Waals surface area contributed by atoms with Crippen molar-refractivity contribution >= 4 is 28.3 Å². The first kappa shape index (κ1) is 20.4. The molecule has 9 nitrogen and oxygen atoms in total. The van der Waals surface area contributed by atoms with Gasteiger partial charge in [0.05, 0.1) is 31.1 Å². The van der Waals surface area contributed by atoms with Crippen LogP contribution in [0.2, 0.25) is 0 Å². The van der Waals surface area contributed by atoms with E-state index in [1.54, 1.807) is 43.3 Å². The predicted octanol–water partition coefficient (Wildman–Crippen LogP) is 3.09. The number of nitrogens with one attached hydrogen (secondary N) is 3. The van der Waals surface area contributed by atoms with Crippen LogP contribution in [0.1, 0.15) is 10.4 Å². The Labute approximate surface area is 179 Å². The van der Waals surface area contributed by atoms with E-state index in [2.05, 4.69) is 25.7 Å². The smallest absolute Gasteiger partial charge is 0.251 e. The zero-order valence-corrected chi connectivity index (χ0v) is 17.6. The number of fused-ring (bicyclic) bond motifs is 1. The van der Waals surface area contributed by atoms with Crippen LogP contribution in [0.4, 0.5) is 11.5 Å². The summed E-state index contributed by atoms with van der Waals surface area (Å²) in [5, 5.41) is 11.3. The van der Waals surface area contributed by atoms with Gasteiger partial charge in [-0.05, 0) is 24.3 Å². The van der Waals surface area contributed by atoms with Crippen molar-refractivity contribution in [3.63, 3.8) is 0 Å². The Kier molecular flexibility index (Phi) is 5.85. The van der Waals surface area contributed by atoms with Crippen LogP contribution in [-0.2, 0) is 11.8 Å². The summed E-state index contributed by atoms with van der Waals surface area (Å²) in [7, 11) is 5.04. The van der Waals surface area contributed by atoms with Crippen molar-refractivity contribution in [3.05, 3.63) is 54.5 Å². The Morgan fingerprint density at radius 3 is 2.81 bits per heavy atom. The summed E-state index contributed by atoms with van der Waals surface area (Å²) in [5.41, 5.74) is 4.15. The molecule has 0 aliphatic carbocycles. The number of pyridine rings is 1. The Balaban J connectivity index is 1.54. The first-order chi connectivity index (χ1) is 15.1. The van der Waals surface area contributed by atoms with Crippen LogP contribution < -0.4 is 15.4 Å². The van der Waals surface area contributed by atoms with Gasteiger partial charge in [0.2, 0.25) is 0 Å². The van der Waals surface area contributed by atoms with Crippen molar-refractivity contribution in [2.24, 2.45) is 7.05 Å². The van der Waals surface area contributed by atoms with Crippen molar-refractivity contribution in [2.75, 3.05) is 32.7 Å². The molecule has 1 amide bonds. The molecule has 4 rings (SSSR count). The molecule has 0 fully saturated rings. The van der Waals surface area contributed by atoms with Crippen molar-refractivity contribution < 1.29 is 14.3 Å². The van der Waals surface area contributed by atoms with E-state index in [4.69, 9.17) is 9.47 Å². The number of nitrogens with zero attached hydrogens (tertiary/aromatic N) is 3. The minimum atomic E-state index is -0.184. The number of ether oxygens (including phenoxy) is 2. The predicted molar refractivity (Wildman–Crippen MR) is 119 cm³/mol. The van der Waals surface area contributed by atoms with E-state index in [0.29, 0.717) is 36.0 Å². The lowest BCUT2D eigenvalue weighted by atomic mass is 10.1. The number of amides is 1. The number of carbonyl (C=O) groups is 1. The molecule has 1 aromatic carbocycles. The lowest BCUT2D eigenvalue weighted by Gasteiger charge is -2.12. The molecular formula is C22H24N6O3. The van der Waals surface area contributed by atoms with Gasteiger partial charge in [-0.1, -0.05) is 0 Å². The van der Waals surface area contributed by atoms with E-state index in [1.165, 1.54) is 0 Å². The van der Waals surface area contributed by atoms with Crippen molar-refractivity contribution in [1.29, 1.82) is 0 Å². The molecule has 0 radical (unpaired) electrons. The summed E-state index contributed by atoms with van der Waals surface area (Å²) in [4.78, 5) is 20.2. The number of carbonyl (C=O) groups excluding carboxylic acids is 1. The van der Waals surface area contributed by atoms with Gasteiger partial charge in [-0.25, -0.2) is 4.98 Å². The van der Waals surface area contributed by atoms with Crippen molar-refractivity contribution in [3.8, 4) is 17.0 Å². The van der Waals surface area contributed by atoms with E-state index in [0.717, 1.165) is 22.2 Å². The van der Waals surface area contributed by atoms with Crippen molar-refractivity contribution in [1.82, 2.24) is 25.1 Å². The van der Waals surface area contributed by atoms with Crippen LogP contribution in [0.5, 0.6) is 5.75 Å². The molecule has 0 unspecified atom stereocenters. The number of methoxy groups -OCH3 is 2. The second-order valence-electron chi connectivity index (χ2n) is 7.03.